The number of aromatic nitrogens is 1. The fraction of sp³-hybridized carbons (Fsp3) is 0.360. The number of carbonyl (C=O) groups excluding carboxylic acids is 2. The number of ether oxygens (including phenoxy) is 1. The number of benzene rings is 2. The summed E-state index contributed by atoms with van der Waals surface area (Å²) in [6.45, 7) is 5.55. The third-order valence-electron chi connectivity index (χ3n) is 5.87. The molecule has 2 amide bonds. The lowest BCUT2D eigenvalue weighted by Gasteiger charge is -2.30. The van der Waals surface area contributed by atoms with Crippen LogP contribution < -0.4 is 10.2 Å². The Kier molecular flexibility index (Phi) is 7.32. The molecule has 3 aromatic rings. The Labute approximate surface area is 203 Å². The number of halogens is 1. The molecule has 0 saturated carbocycles. The van der Waals surface area contributed by atoms with E-state index in [1.807, 2.05) is 57.3 Å². The summed E-state index contributed by atoms with van der Waals surface area (Å²) >= 11 is 7.89. The summed E-state index contributed by atoms with van der Waals surface area (Å²) in [5.74, 6) is -0.108. The summed E-state index contributed by atoms with van der Waals surface area (Å²) in [7, 11) is 1.98. The van der Waals surface area contributed by atoms with E-state index in [1.165, 1.54) is 11.8 Å². The van der Waals surface area contributed by atoms with Crippen molar-refractivity contribution in [1.82, 2.24) is 9.88 Å². The van der Waals surface area contributed by atoms with Crippen molar-refractivity contribution in [3.8, 4) is 0 Å². The predicted octanol–water partition coefficient (Wildman–Crippen LogP) is 4.86. The van der Waals surface area contributed by atoms with E-state index in [1.54, 1.807) is 11.0 Å². The lowest BCUT2D eigenvalue weighted by molar-refractivity contribution is -0.125. The van der Waals surface area contributed by atoms with Crippen LogP contribution in [0.1, 0.15) is 30.5 Å². The highest BCUT2D eigenvalue weighted by Gasteiger charge is 2.39. The molecule has 1 atom stereocenters. The number of rotatable bonds is 7. The van der Waals surface area contributed by atoms with Gasteiger partial charge in [0.1, 0.15) is 6.04 Å². The highest BCUT2D eigenvalue weighted by atomic mass is 35.5. The standard InChI is InChI=1S/C25H28ClN3O3S/c1-4-32-13-7-12-27-24(31)23-22-18-8-5-6-9-20(18)28(3)25(22)33-15-21(30)29(23)17-11-10-16(2)19(26)14-17/h5-6,8-11,14,23H,4,7,12-13,15H2,1-3H3,(H,27,31). The summed E-state index contributed by atoms with van der Waals surface area (Å²) in [5, 5.41) is 5.49. The maximum absolute atomic E-state index is 13.7. The van der Waals surface area contributed by atoms with Crippen LogP contribution >= 0.6 is 23.4 Å². The molecular weight excluding hydrogens is 458 g/mol. The molecule has 1 N–H and O–H groups in total. The number of aryl methyl sites for hydroxylation is 2. The van der Waals surface area contributed by atoms with Gasteiger partial charge in [-0.05, 0) is 44.0 Å². The highest BCUT2D eigenvalue weighted by Crippen LogP contribution is 2.43. The van der Waals surface area contributed by atoms with Gasteiger partial charge in [0.05, 0.1) is 10.8 Å². The molecule has 1 aliphatic rings. The number of hydrogen-bond acceptors (Lipinski definition) is 4. The van der Waals surface area contributed by atoms with Crippen molar-refractivity contribution >= 4 is 51.8 Å². The molecule has 0 fully saturated rings. The van der Waals surface area contributed by atoms with Crippen LogP contribution in [0.4, 0.5) is 5.69 Å². The summed E-state index contributed by atoms with van der Waals surface area (Å²) in [6.07, 6.45) is 0.702. The molecule has 0 saturated heterocycles. The number of fused-ring (bicyclic) bond motifs is 3. The molecule has 0 spiro atoms. The zero-order valence-corrected chi connectivity index (χ0v) is 20.6. The molecule has 8 heteroatoms. The van der Waals surface area contributed by atoms with E-state index in [0.717, 1.165) is 27.1 Å². The molecule has 0 aliphatic carbocycles. The molecule has 6 nitrogen and oxygen atoms in total. The van der Waals surface area contributed by atoms with Crippen molar-refractivity contribution in [2.45, 2.75) is 31.3 Å². The molecule has 2 aromatic carbocycles. The third-order valence-corrected chi connectivity index (χ3v) is 7.44. The van der Waals surface area contributed by atoms with Gasteiger partial charge in [0.25, 0.3) is 0 Å². The lowest BCUT2D eigenvalue weighted by atomic mass is 10.0. The number of para-hydroxylation sites is 1. The lowest BCUT2D eigenvalue weighted by Crippen LogP contribution is -2.44. The minimum absolute atomic E-state index is 0.130. The number of carbonyl (C=O) groups is 2. The minimum Gasteiger partial charge on any atom is -0.382 e. The fourth-order valence-electron chi connectivity index (χ4n) is 4.21. The molecule has 33 heavy (non-hydrogen) atoms. The average molecular weight is 486 g/mol. The van der Waals surface area contributed by atoms with Gasteiger partial charge >= 0.3 is 0 Å². The van der Waals surface area contributed by atoms with Crippen LogP contribution in [-0.2, 0) is 21.4 Å². The smallest absolute Gasteiger partial charge is 0.247 e. The number of amides is 2. The zero-order chi connectivity index (χ0) is 23.5. The number of hydrogen-bond donors (Lipinski definition) is 1. The van der Waals surface area contributed by atoms with Gasteiger partial charge in [0.2, 0.25) is 11.8 Å². The molecule has 174 valence electrons. The average Bonchev–Trinajstić information content (AvgIpc) is 2.98. The van der Waals surface area contributed by atoms with Crippen molar-refractivity contribution < 1.29 is 14.3 Å². The van der Waals surface area contributed by atoms with Gasteiger partial charge in [0.15, 0.2) is 0 Å². The van der Waals surface area contributed by atoms with Crippen LogP contribution in [0.15, 0.2) is 47.5 Å². The van der Waals surface area contributed by atoms with Crippen molar-refractivity contribution in [2.24, 2.45) is 7.05 Å². The highest BCUT2D eigenvalue weighted by molar-refractivity contribution is 8.00. The third kappa shape index (κ3) is 4.63. The Morgan fingerprint density at radius 3 is 2.82 bits per heavy atom. The van der Waals surface area contributed by atoms with Crippen LogP contribution in [0.25, 0.3) is 10.9 Å². The first-order valence-electron chi connectivity index (χ1n) is 11.1. The van der Waals surface area contributed by atoms with Crippen molar-refractivity contribution in [1.29, 1.82) is 0 Å². The first-order chi connectivity index (χ1) is 15.9. The maximum Gasteiger partial charge on any atom is 0.247 e. The Bertz CT molecular complexity index is 1190. The minimum atomic E-state index is -0.806. The first-order valence-corrected chi connectivity index (χ1v) is 12.4. The second kappa shape index (κ2) is 10.2. The van der Waals surface area contributed by atoms with Gasteiger partial charge in [-0.2, -0.15) is 0 Å². The molecule has 1 aliphatic heterocycles. The molecule has 0 bridgehead atoms. The van der Waals surface area contributed by atoms with E-state index < -0.39 is 6.04 Å². The normalized spacial score (nSPS) is 16.1. The number of nitrogens with one attached hydrogen (secondary N) is 1. The van der Waals surface area contributed by atoms with Crippen LogP contribution in [0.3, 0.4) is 0 Å². The largest absolute Gasteiger partial charge is 0.382 e. The number of anilines is 1. The maximum atomic E-state index is 13.7. The molecule has 1 unspecified atom stereocenters. The van der Waals surface area contributed by atoms with E-state index >= 15 is 0 Å². The van der Waals surface area contributed by atoms with Gasteiger partial charge in [-0.25, -0.2) is 0 Å². The van der Waals surface area contributed by atoms with Crippen molar-refractivity contribution in [2.75, 3.05) is 30.4 Å². The molecule has 1 aromatic heterocycles. The van der Waals surface area contributed by atoms with Gasteiger partial charge in [-0.1, -0.05) is 47.6 Å². The summed E-state index contributed by atoms with van der Waals surface area (Å²) in [4.78, 5) is 28.7. The van der Waals surface area contributed by atoms with E-state index in [0.29, 0.717) is 36.9 Å². The first kappa shape index (κ1) is 23.7. The van der Waals surface area contributed by atoms with Crippen LogP contribution in [0.5, 0.6) is 0 Å². The van der Waals surface area contributed by atoms with E-state index in [-0.39, 0.29) is 17.6 Å². The van der Waals surface area contributed by atoms with Gasteiger partial charge in [-0.3, -0.25) is 14.5 Å². The summed E-state index contributed by atoms with van der Waals surface area (Å²) < 4.78 is 7.47. The molecule has 0 radical (unpaired) electrons. The van der Waals surface area contributed by atoms with Crippen LogP contribution in [-0.4, -0.2) is 41.9 Å². The SMILES string of the molecule is CCOCCCNC(=O)C1c2c(n(C)c3ccccc23)SCC(=O)N1c1ccc(C)c(Cl)c1. The Morgan fingerprint density at radius 1 is 1.27 bits per heavy atom. The summed E-state index contributed by atoms with van der Waals surface area (Å²) in [5.41, 5.74) is 3.41. The van der Waals surface area contributed by atoms with Gasteiger partial charge < -0.3 is 14.6 Å². The van der Waals surface area contributed by atoms with Crippen LogP contribution in [0, 0.1) is 6.92 Å². The second-order valence-corrected chi connectivity index (χ2v) is 9.40. The van der Waals surface area contributed by atoms with E-state index in [9.17, 15) is 9.59 Å². The van der Waals surface area contributed by atoms with Crippen molar-refractivity contribution in [3.05, 3.63) is 58.6 Å². The van der Waals surface area contributed by atoms with Gasteiger partial charge in [-0.15, -0.1) is 0 Å². The van der Waals surface area contributed by atoms with Crippen molar-refractivity contribution in [3.63, 3.8) is 0 Å². The monoisotopic (exact) mass is 485 g/mol. The Hall–Kier alpha value is -2.48. The molecular formula is C25H28ClN3O3S. The molecule has 4 rings (SSSR count). The quantitative estimate of drug-likeness (QED) is 0.485. The summed E-state index contributed by atoms with van der Waals surface area (Å²) in [6, 6.07) is 12.7. The predicted molar refractivity (Wildman–Crippen MR) is 134 cm³/mol. The van der Waals surface area contributed by atoms with Crippen LogP contribution in [0.2, 0.25) is 5.02 Å². The number of thioether (sulfide) groups is 1. The zero-order valence-electron chi connectivity index (χ0n) is 19.1. The van der Waals surface area contributed by atoms with Gasteiger partial charge in [0, 0.05) is 54.0 Å². The number of nitrogens with zero attached hydrogens (tertiary/aromatic N) is 2. The molecule has 2 heterocycles. The Morgan fingerprint density at radius 2 is 2.06 bits per heavy atom. The van der Waals surface area contributed by atoms with E-state index in [4.69, 9.17) is 16.3 Å². The second-order valence-electron chi connectivity index (χ2n) is 8.02. The Balaban J connectivity index is 1.82. The van der Waals surface area contributed by atoms with E-state index in [2.05, 4.69) is 9.88 Å². The topological polar surface area (TPSA) is 63.6 Å². The fourth-order valence-corrected chi connectivity index (χ4v) is 5.45.